The molecule has 0 unspecified atom stereocenters. The van der Waals surface area contributed by atoms with Gasteiger partial charge in [0.15, 0.2) is 0 Å². The van der Waals surface area contributed by atoms with Crippen LogP contribution < -0.4 is 10.1 Å². The monoisotopic (exact) mass is 306 g/mol. The summed E-state index contributed by atoms with van der Waals surface area (Å²) in [6.45, 7) is 0.215. The highest BCUT2D eigenvalue weighted by Gasteiger charge is 2.32. The molecule has 1 aromatic carbocycles. The van der Waals surface area contributed by atoms with Gasteiger partial charge in [-0.25, -0.2) is 4.79 Å². The minimum atomic E-state index is -0.901. The van der Waals surface area contributed by atoms with E-state index in [9.17, 15) is 9.59 Å². The molecule has 2 rings (SSSR count). The first-order valence-electron chi connectivity index (χ1n) is 7.37. The fourth-order valence-electron chi connectivity index (χ4n) is 2.55. The van der Waals surface area contributed by atoms with Crippen LogP contribution in [0.4, 0.5) is 4.79 Å². The van der Waals surface area contributed by atoms with E-state index in [-0.39, 0.29) is 25.0 Å². The second-order valence-corrected chi connectivity index (χ2v) is 5.66. The van der Waals surface area contributed by atoms with Gasteiger partial charge in [0.1, 0.15) is 5.75 Å². The van der Waals surface area contributed by atoms with Crippen LogP contribution >= 0.6 is 0 Å². The van der Waals surface area contributed by atoms with Crippen molar-refractivity contribution in [1.82, 2.24) is 10.2 Å². The van der Waals surface area contributed by atoms with E-state index >= 15 is 0 Å². The Morgan fingerprint density at radius 3 is 2.77 bits per heavy atom. The Kier molecular flexibility index (Phi) is 5.25. The minimum Gasteiger partial charge on any atom is -0.497 e. The number of benzene rings is 1. The number of rotatable bonds is 6. The van der Waals surface area contributed by atoms with Crippen LogP contribution in [0.1, 0.15) is 30.7 Å². The van der Waals surface area contributed by atoms with Gasteiger partial charge < -0.3 is 20.1 Å². The Bertz CT molecular complexity index is 541. The van der Waals surface area contributed by atoms with E-state index in [0.717, 1.165) is 18.6 Å². The molecular weight excluding hydrogens is 284 g/mol. The van der Waals surface area contributed by atoms with E-state index in [2.05, 4.69) is 11.4 Å². The molecule has 6 heteroatoms. The van der Waals surface area contributed by atoms with Crippen molar-refractivity contribution in [2.24, 2.45) is 0 Å². The van der Waals surface area contributed by atoms with Gasteiger partial charge in [-0.1, -0.05) is 12.1 Å². The number of nitrogens with one attached hydrogen (secondary N) is 1. The summed E-state index contributed by atoms with van der Waals surface area (Å²) in [7, 11) is 3.26. The van der Waals surface area contributed by atoms with E-state index in [1.165, 1.54) is 10.5 Å². The number of carbonyl (C=O) groups excluding carboxylic acids is 1. The Morgan fingerprint density at radius 2 is 2.14 bits per heavy atom. The van der Waals surface area contributed by atoms with Crippen LogP contribution in [0.2, 0.25) is 0 Å². The summed E-state index contributed by atoms with van der Waals surface area (Å²) < 4.78 is 5.22. The Hall–Kier alpha value is -2.24. The van der Waals surface area contributed by atoms with Crippen molar-refractivity contribution in [3.05, 3.63) is 29.8 Å². The highest BCUT2D eigenvalue weighted by atomic mass is 16.5. The topological polar surface area (TPSA) is 78.9 Å². The zero-order chi connectivity index (χ0) is 16.1. The molecule has 1 aliphatic carbocycles. The van der Waals surface area contributed by atoms with E-state index in [4.69, 9.17) is 9.84 Å². The number of carboxylic acid groups (broad SMARTS) is 1. The lowest BCUT2D eigenvalue weighted by Gasteiger charge is -2.37. The van der Waals surface area contributed by atoms with Crippen molar-refractivity contribution in [3.63, 3.8) is 0 Å². The standard InChI is InChI=1S/C16H22N2O4/c1-18(7-6-15(19)20)16(21)17-13-8-12(9-13)11-4-3-5-14(10-11)22-2/h3-5,10,12-13H,6-9H2,1-2H3,(H,17,21)(H,19,20). The second kappa shape index (κ2) is 7.15. The minimum absolute atomic E-state index is 0.0407. The molecule has 1 saturated carbocycles. The third-order valence-corrected chi connectivity index (χ3v) is 4.04. The molecule has 0 aromatic heterocycles. The molecule has 0 saturated heterocycles. The molecule has 0 spiro atoms. The Labute approximate surface area is 130 Å². The van der Waals surface area contributed by atoms with Gasteiger partial charge in [-0.3, -0.25) is 4.79 Å². The molecule has 6 nitrogen and oxygen atoms in total. The molecular formula is C16H22N2O4. The highest BCUT2D eigenvalue weighted by Crippen LogP contribution is 2.37. The summed E-state index contributed by atoms with van der Waals surface area (Å²) in [5.41, 5.74) is 1.23. The number of hydrogen-bond donors (Lipinski definition) is 2. The predicted molar refractivity (Wildman–Crippen MR) is 82.2 cm³/mol. The molecule has 0 atom stereocenters. The summed E-state index contributed by atoms with van der Waals surface area (Å²) in [5, 5.41) is 11.5. The first-order valence-corrected chi connectivity index (χ1v) is 7.37. The molecule has 2 N–H and O–H groups in total. The van der Waals surface area contributed by atoms with Crippen molar-refractivity contribution in [1.29, 1.82) is 0 Å². The largest absolute Gasteiger partial charge is 0.497 e. The number of methoxy groups -OCH3 is 1. The Balaban J connectivity index is 1.76. The predicted octanol–water partition coefficient (Wildman–Crippen LogP) is 2.06. The van der Waals surface area contributed by atoms with Crippen LogP contribution in [0.25, 0.3) is 0 Å². The van der Waals surface area contributed by atoms with Gasteiger partial charge in [0.05, 0.1) is 13.5 Å². The maximum absolute atomic E-state index is 11.9. The third-order valence-electron chi connectivity index (χ3n) is 4.04. The van der Waals surface area contributed by atoms with Gasteiger partial charge in [-0.15, -0.1) is 0 Å². The number of carbonyl (C=O) groups is 2. The number of amides is 2. The van der Waals surface area contributed by atoms with Crippen LogP contribution in [0.5, 0.6) is 5.75 Å². The SMILES string of the molecule is COc1cccc(C2CC(NC(=O)N(C)CCC(=O)O)C2)c1. The summed E-state index contributed by atoms with van der Waals surface area (Å²) in [5.74, 6) is 0.379. The molecule has 2 amide bonds. The first-order chi connectivity index (χ1) is 10.5. The first kappa shape index (κ1) is 16.1. The lowest BCUT2D eigenvalue weighted by molar-refractivity contribution is -0.137. The molecule has 0 bridgehead atoms. The van der Waals surface area contributed by atoms with Crippen LogP contribution in [-0.4, -0.2) is 48.8 Å². The molecule has 1 aromatic rings. The lowest BCUT2D eigenvalue weighted by atomic mass is 9.76. The maximum Gasteiger partial charge on any atom is 0.317 e. The van der Waals surface area contributed by atoms with Crippen molar-refractivity contribution in [2.45, 2.75) is 31.2 Å². The van der Waals surface area contributed by atoms with Crippen molar-refractivity contribution >= 4 is 12.0 Å². The van der Waals surface area contributed by atoms with E-state index in [1.54, 1.807) is 14.2 Å². The van der Waals surface area contributed by atoms with Crippen LogP contribution in [-0.2, 0) is 4.79 Å². The smallest absolute Gasteiger partial charge is 0.317 e. The zero-order valence-electron chi connectivity index (χ0n) is 12.9. The summed E-state index contributed by atoms with van der Waals surface area (Å²) in [6.07, 6.45) is 1.75. The summed E-state index contributed by atoms with van der Waals surface area (Å²) in [6, 6.07) is 7.93. The molecule has 0 aliphatic heterocycles. The number of urea groups is 1. The average Bonchev–Trinajstić information content (AvgIpc) is 2.47. The van der Waals surface area contributed by atoms with Gasteiger partial charge in [0.25, 0.3) is 0 Å². The molecule has 0 heterocycles. The normalized spacial score (nSPS) is 19.9. The molecule has 22 heavy (non-hydrogen) atoms. The highest BCUT2D eigenvalue weighted by molar-refractivity contribution is 5.75. The van der Waals surface area contributed by atoms with Crippen LogP contribution in [0.15, 0.2) is 24.3 Å². The second-order valence-electron chi connectivity index (χ2n) is 5.66. The van der Waals surface area contributed by atoms with E-state index in [0.29, 0.717) is 5.92 Å². The number of nitrogens with zero attached hydrogens (tertiary/aromatic N) is 1. The molecule has 1 fully saturated rings. The third kappa shape index (κ3) is 4.13. The van der Waals surface area contributed by atoms with Crippen molar-refractivity contribution in [3.8, 4) is 5.75 Å². The molecule has 0 radical (unpaired) electrons. The van der Waals surface area contributed by atoms with Crippen molar-refractivity contribution in [2.75, 3.05) is 20.7 Å². The maximum atomic E-state index is 11.9. The lowest BCUT2D eigenvalue weighted by Crippen LogP contribution is -2.48. The van der Waals surface area contributed by atoms with Crippen molar-refractivity contribution < 1.29 is 19.4 Å². The van der Waals surface area contributed by atoms with Gasteiger partial charge in [0.2, 0.25) is 0 Å². The fourth-order valence-corrected chi connectivity index (χ4v) is 2.55. The molecule has 120 valence electrons. The van der Waals surface area contributed by atoms with E-state index in [1.807, 2.05) is 18.2 Å². The average molecular weight is 306 g/mol. The number of carboxylic acids is 1. The van der Waals surface area contributed by atoms with Crippen LogP contribution in [0.3, 0.4) is 0 Å². The number of ether oxygens (including phenoxy) is 1. The van der Waals surface area contributed by atoms with Crippen LogP contribution in [0, 0.1) is 0 Å². The van der Waals surface area contributed by atoms with Gasteiger partial charge >= 0.3 is 12.0 Å². The number of hydrogen-bond acceptors (Lipinski definition) is 3. The van der Waals surface area contributed by atoms with Gasteiger partial charge in [-0.05, 0) is 36.5 Å². The van der Waals surface area contributed by atoms with Gasteiger partial charge in [0, 0.05) is 19.6 Å². The zero-order valence-corrected chi connectivity index (χ0v) is 12.9. The summed E-state index contributed by atoms with van der Waals surface area (Å²) >= 11 is 0. The van der Waals surface area contributed by atoms with Gasteiger partial charge in [-0.2, -0.15) is 0 Å². The Morgan fingerprint density at radius 1 is 1.41 bits per heavy atom. The van der Waals surface area contributed by atoms with E-state index < -0.39 is 5.97 Å². The molecule has 1 aliphatic rings. The number of aliphatic carboxylic acids is 1. The fraction of sp³-hybridized carbons (Fsp3) is 0.500. The quantitative estimate of drug-likeness (QED) is 0.843. The summed E-state index contributed by atoms with van der Waals surface area (Å²) in [4.78, 5) is 23.8.